The fourth-order valence-corrected chi connectivity index (χ4v) is 5.20. The van der Waals surface area contributed by atoms with Gasteiger partial charge in [0, 0.05) is 0 Å². The summed E-state index contributed by atoms with van der Waals surface area (Å²) in [5.74, 6) is 4.48. The number of rotatable bonds is 6. The summed E-state index contributed by atoms with van der Waals surface area (Å²) in [6, 6.07) is 27.2. The van der Waals surface area contributed by atoms with Gasteiger partial charge in [0.15, 0.2) is 0 Å². The molecule has 3 aromatic carbocycles. The fraction of sp³-hybridized carbons (Fsp3) is 0.486. The van der Waals surface area contributed by atoms with Crippen molar-refractivity contribution in [2.75, 3.05) is 0 Å². The lowest BCUT2D eigenvalue weighted by molar-refractivity contribution is 0.391. The molecule has 0 aliphatic heterocycles. The molecule has 1 aliphatic rings. The van der Waals surface area contributed by atoms with E-state index in [-0.39, 0.29) is 0 Å². The molecule has 35 heavy (non-hydrogen) atoms. The molecule has 0 aromatic heterocycles. The van der Waals surface area contributed by atoms with Crippen LogP contribution in [0.25, 0.3) is 11.1 Å². The third-order valence-corrected chi connectivity index (χ3v) is 7.98. The molecule has 1 aliphatic carbocycles. The molecule has 1 fully saturated rings. The second-order valence-electron chi connectivity index (χ2n) is 11.9. The summed E-state index contributed by atoms with van der Waals surface area (Å²) < 4.78 is 0. The number of hydrogen-bond donors (Lipinski definition) is 0. The van der Waals surface area contributed by atoms with Crippen molar-refractivity contribution in [3.63, 3.8) is 0 Å². The topological polar surface area (TPSA) is 0 Å². The number of hydrogen-bond acceptors (Lipinski definition) is 0. The van der Waals surface area contributed by atoms with Gasteiger partial charge in [0.25, 0.3) is 0 Å². The van der Waals surface area contributed by atoms with E-state index in [0.717, 1.165) is 17.8 Å². The van der Waals surface area contributed by atoms with E-state index in [1.807, 2.05) is 0 Å². The Hall–Kier alpha value is -2.34. The van der Waals surface area contributed by atoms with Crippen molar-refractivity contribution in [3.05, 3.63) is 95.1 Å². The van der Waals surface area contributed by atoms with Gasteiger partial charge < -0.3 is 0 Å². The zero-order valence-electron chi connectivity index (χ0n) is 23.5. The average molecular weight is 469 g/mol. The molecule has 0 amide bonds. The minimum atomic E-state index is 0.599. The van der Waals surface area contributed by atoms with Gasteiger partial charge in [-0.15, -0.1) is 0 Å². The van der Waals surface area contributed by atoms with Gasteiger partial charge in [-0.05, 0) is 88.2 Å². The van der Waals surface area contributed by atoms with Gasteiger partial charge in [0.1, 0.15) is 0 Å². The van der Waals surface area contributed by atoms with E-state index < -0.39 is 0 Å². The van der Waals surface area contributed by atoms with Gasteiger partial charge in [0.2, 0.25) is 0 Å². The molecule has 0 saturated heterocycles. The Morgan fingerprint density at radius 1 is 0.486 bits per heavy atom. The largest absolute Gasteiger partial charge is 0.0625 e. The molecule has 0 spiro atoms. The molecule has 0 radical (unpaired) electrons. The molecule has 0 heterocycles. The van der Waals surface area contributed by atoms with Crippen molar-refractivity contribution in [2.24, 2.45) is 11.8 Å². The van der Waals surface area contributed by atoms with Crippen molar-refractivity contribution < 1.29 is 0 Å². The van der Waals surface area contributed by atoms with Crippen molar-refractivity contribution in [1.29, 1.82) is 0 Å². The van der Waals surface area contributed by atoms with E-state index in [0.29, 0.717) is 17.8 Å². The van der Waals surface area contributed by atoms with Crippen LogP contribution in [-0.2, 0) is 0 Å². The smallest absolute Gasteiger partial charge is 0.0159 e. The zero-order chi connectivity index (χ0) is 25.5. The molecule has 3 aromatic rings. The number of benzene rings is 3. The van der Waals surface area contributed by atoms with Crippen LogP contribution in [0.1, 0.15) is 121 Å². The van der Waals surface area contributed by atoms with Gasteiger partial charge in [0.05, 0.1) is 0 Å². The van der Waals surface area contributed by atoms with E-state index in [1.165, 1.54) is 47.1 Å². The Morgan fingerprint density at radius 3 is 1.17 bits per heavy atom. The van der Waals surface area contributed by atoms with Crippen LogP contribution < -0.4 is 0 Å². The van der Waals surface area contributed by atoms with Gasteiger partial charge in [-0.1, -0.05) is 128 Å². The Balaban J connectivity index is 0.000000196. The molecule has 0 heteroatoms. The van der Waals surface area contributed by atoms with Crippen LogP contribution in [0.2, 0.25) is 0 Å². The predicted molar refractivity (Wildman–Crippen MR) is 156 cm³/mol. The van der Waals surface area contributed by atoms with Crippen LogP contribution in [-0.4, -0.2) is 0 Å². The van der Waals surface area contributed by atoms with E-state index in [2.05, 4.69) is 128 Å². The summed E-state index contributed by atoms with van der Waals surface area (Å²) in [7, 11) is 0. The Bertz CT molecular complexity index is 952. The Kier molecular flexibility index (Phi) is 9.79. The first-order valence-corrected chi connectivity index (χ1v) is 14.0. The SMILES string of the molecule is CC(C)c1ccc(-c2ccc(C(C)C)cc2)cc1.CC(C)c1ccc(C2CCC(C(C)C)C2)cc1. The molecular weight excluding hydrogens is 420 g/mol. The van der Waals surface area contributed by atoms with Crippen LogP contribution in [0, 0.1) is 11.8 Å². The van der Waals surface area contributed by atoms with Crippen molar-refractivity contribution in [1.82, 2.24) is 0 Å². The first-order valence-electron chi connectivity index (χ1n) is 14.0. The van der Waals surface area contributed by atoms with Crippen LogP contribution in [0.4, 0.5) is 0 Å². The average Bonchev–Trinajstić information content (AvgIpc) is 3.35. The van der Waals surface area contributed by atoms with E-state index in [4.69, 9.17) is 0 Å². The highest BCUT2D eigenvalue weighted by Crippen LogP contribution is 2.41. The molecule has 4 rings (SSSR count). The molecule has 2 unspecified atom stereocenters. The second kappa shape index (κ2) is 12.6. The second-order valence-corrected chi connectivity index (χ2v) is 11.9. The molecule has 1 saturated carbocycles. The fourth-order valence-electron chi connectivity index (χ4n) is 5.20. The third-order valence-electron chi connectivity index (χ3n) is 7.98. The van der Waals surface area contributed by atoms with Gasteiger partial charge in [-0.3, -0.25) is 0 Å². The maximum absolute atomic E-state index is 2.37. The normalized spacial score (nSPS) is 17.8. The minimum Gasteiger partial charge on any atom is -0.0625 e. The minimum absolute atomic E-state index is 0.599. The lowest BCUT2D eigenvalue weighted by Crippen LogP contribution is -2.03. The van der Waals surface area contributed by atoms with Gasteiger partial charge in [-0.2, -0.15) is 0 Å². The zero-order valence-corrected chi connectivity index (χ0v) is 23.5. The quantitative estimate of drug-likeness (QED) is 0.337. The lowest BCUT2D eigenvalue weighted by Gasteiger charge is -2.15. The molecule has 0 nitrogen and oxygen atoms in total. The molecule has 0 N–H and O–H groups in total. The monoisotopic (exact) mass is 468 g/mol. The first kappa shape index (κ1) is 27.3. The first-order chi connectivity index (χ1) is 16.7. The standard InChI is InChI=1S/C18H22.C17H26/c1-13(2)15-5-9-17(10-6-15)18-11-7-16(8-12-18)14(3)4;1-12(2)14-5-7-15(8-6-14)17-10-9-16(11-17)13(3)4/h5-14H,1-4H3;5-8,12-13,16-17H,9-11H2,1-4H3. The van der Waals surface area contributed by atoms with Crippen LogP contribution in [0.3, 0.4) is 0 Å². The molecule has 2 atom stereocenters. The van der Waals surface area contributed by atoms with E-state index >= 15 is 0 Å². The lowest BCUT2D eigenvalue weighted by atomic mass is 9.90. The molecular formula is C35H48. The van der Waals surface area contributed by atoms with Crippen molar-refractivity contribution in [3.8, 4) is 11.1 Å². The highest BCUT2D eigenvalue weighted by molar-refractivity contribution is 5.64. The Labute approximate surface area is 216 Å². The van der Waals surface area contributed by atoms with E-state index in [9.17, 15) is 0 Å². The summed E-state index contributed by atoms with van der Waals surface area (Å²) >= 11 is 0. The van der Waals surface area contributed by atoms with Crippen LogP contribution in [0.5, 0.6) is 0 Å². The maximum atomic E-state index is 2.37. The highest BCUT2D eigenvalue weighted by Gasteiger charge is 2.27. The van der Waals surface area contributed by atoms with Gasteiger partial charge in [-0.25, -0.2) is 0 Å². The van der Waals surface area contributed by atoms with E-state index in [1.54, 1.807) is 5.56 Å². The third kappa shape index (κ3) is 7.57. The highest BCUT2D eigenvalue weighted by atomic mass is 14.3. The summed E-state index contributed by atoms with van der Waals surface area (Å²) in [4.78, 5) is 0. The molecule has 188 valence electrons. The van der Waals surface area contributed by atoms with Crippen LogP contribution in [0.15, 0.2) is 72.8 Å². The molecule has 0 bridgehead atoms. The van der Waals surface area contributed by atoms with Crippen LogP contribution >= 0.6 is 0 Å². The summed E-state index contributed by atoms with van der Waals surface area (Å²) in [6.07, 6.45) is 4.22. The Morgan fingerprint density at radius 2 is 0.857 bits per heavy atom. The van der Waals surface area contributed by atoms with Gasteiger partial charge >= 0.3 is 0 Å². The summed E-state index contributed by atoms with van der Waals surface area (Å²) in [5.41, 5.74) is 8.43. The predicted octanol–water partition coefficient (Wildman–Crippen LogP) is 11.0. The maximum Gasteiger partial charge on any atom is -0.0159 e. The summed E-state index contributed by atoms with van der Waals surface area (Å²) in [6.45, 7) is 18.2. The van der Waals surface area contributed by atoms with Crippen molar-refractivity contribution >= 4 is 0 Å². The van der Waals surface area contributed by atoms with Crippen molar-refractivity contribution in [2.45, 2.75) is 98.3 Å². The summed E-state index contributed by atoms with van der Waals surface area (Å²) in [5, 5.41) is 0.